The van der Waals surface area contributed by atoms with E-state index in [0.717, 1.165) is 5.75 Å². The van der Waals surface area contributed by atoms with E-state index in [1.807, 2.05) is 17.5 Å². The highest BCUT2D eigenvalue weighted by molar-refractivity contribution is 7.99. The van der Waals surface area contributed by atoms with Gasteiger partial charge in [0, 0.05) is 21.9 Å². The minimum atomic E-state index is 0.120. The number of hydrogen-bond donors (Lipinski definition) is 1. The van der Waals surface area contributed by atoms with E-state index in [2.05, 4.69) is 37.4 Å². The zero-order valence-electron chi connectivity index (χ0n) is 11.8. The van der Waals surface area contributed by atoms with Crippen LogP contribution in [0.4, 0.5) is 0 Å². The van der Waals surface area contributed by atoms with Crippen LogP contribution >= 0.6 is 23.1 Å². The molecule has 20 heavy (non-hydrogen) atoms. The first-order valence-corrected chi connectivity index (χ1v) is 8.51. The first kappa shape index (κ1) is 15.1. The van der Waals surface area contributed by atoms with E-state index in [-0.39, 0.29) is 5.91 Å². The predicted octanol–water partition coefficient (Wildman–Crippen LogP) is 4.16. The van der Waals surface area contributed by atoms with Gasteiger partial charge < -0.3 is 5.32 Å². The summed E-state index contributed by atoms with van der Waals surface area (Å²) in [5.74, 6) is 0.938. The number of thioether (sulfide) groups is 1. The molecule has 1 amide bonds. The summed E-state index contributed by atoms with van der Waals surface area (Å²) in [6, 6.07) is 10.5. The van der Waals surface area contributed by atoms with E-state index >= 15 is 0 Å². The van der Waals surface area contributed by atoms with Crippen LogP contribution in [0.5, 0.6) is 0 Å². The molecule has 0 fully saturated rings. The number of hydrogen-bond acceptors (Lipinski definition) is 3. The van der Waals surface area contributed by atoms with Crippen LogP contribution in [0.2, 0.25) is 0 Å². The van der Waals surface area contributed by atoms with Gasteiger partial charge in [0.05, 0.1) is 6.54 Å². The summed E-state index contributed by atoms with van der Waals surface area (Å²) in [7, 11) is 0. The lowest BCUT2D eigenvalue weighted by Crippen LogP contribution is -2.22. The van der Waals surface area contributed by atoms with Crippen LogP contribution in [-0.4, -0.2) is 11.7 Å². The van der Waals surface area contributed by atoms with Gasteiger partial charge in [0.15, 0.2) is 0 Å². The standard InChI is InChI=1S/C16H19NOS2/c1-12-5-6-14(10-13(12)2)20-9-7-16(18)17-11-15-4-3-8-19-15/h3-6,8,10H,7,9,11H2,1-2H3,(H,17,18). The topological polar surface area (TPSA) is 29.1 Å². The maximum Gasteiger partial charge on any atom is 0.221 e. The Hall–Kier alpha value is -1.26. The maximum atomic E-state index is 11.7. The highest BCUT2D eigenvalue weighted by Crippen LogP contribution is 2.21. The Morgan fingerprint density at radius 1 is 1.25 bits per heavy atom. The second-order valence-corrected chi connectivity index (χ2v) is 6.90. The quantitative estimate of drug-likeness (QED) is 0.812. The largest absolute Gasteiger partial charge is 0.351 e. The summed E-state index contributed by atoms with van der Waals surface area (Å²) >= 11 is 3.41. The summed E-state index contributed by atoms with van der Waals surface area (Å²) in [4.78, 5) is 14.2. The number of rotatable bonds is 6. The number of benzene rings is 1. The fraction of sp³-hybridized carbons (Fsp3) is 0.312. The van der Waals surface area contributed by atoms with Gasteiger partial charge in [-0.2, -0.15) is 0 Å². The number of nitrogens with one attached hydrogen (secondary N) is 1. The van der Waals surface area contributed by atoms with E-state index < -0.39 is 0 Å². The highest BCUT2D eigenvalue weighted by Gasteiger charge is 2.03. The second kappa shape index (κ2) is 7.50. The Labute approximate surface area is 128 Å². The molecule has 0 unspecified atom stereocenters. The van der Waals surface area contributed by atoms with E-state index in [1.165, 1.54) is 20.9 Å². The predicted molar refractivity (Wildman–Crippen MR) is 87.4 cm³/mol. The summed E-state index contributed by atoms with van der Waals surface area (Å²) in [6.45, 7) is 4.87. The van der Waals surface area contributed by atoms with Gasteiger partial charge >= 0.3 is 0 Å². The van der Waals surface area contributed by atoms with Crippen LogP contribution in [0.25, 0.3) is 0 Å². The number of carbonyl (C=O) groups is 1. The average Bonchev–Trinajstić information content (AvgIpc) is 2.94. The molecule has 0 radical (unpaired) electrons. The molecule has 0 atom stereocenters. The minimum absolute atomic E-state index is 0.120. The molecule has 4 heteroatoms. The molecule has 1 aromatic heterocycles. The molecule has 0 saturated carbocycles. The normalized spacial score (nSPS) is 10.5. The molecule has 2 rings (SSSR count). The lowest BCUT2D eigenvalue weighted by Gasteiger charge is -2.06. The van der Waals surface area contributed by atoms with Gasteiger partial charge in [-0.25, -0.2) is 0 Å². The lowest BCUT2D eigenvalue weighted by atomic mass is 10.1. The van der Waals surface area contributed by atoms with Crippen molar-refractivity contribution in [3.05, 3.63) is 51.7 Å². The molecular formula is C16H19NOS2. The van der Waals surface area contributed by atoms with Crippen molar-refractivity contribution in [1.82, 2.24) is 5.32 Å². The van der Waals surface area contributed by atoms with Crippen molar-refractivity contribution in [2.45, 2.75) is 31.7 Å². The van der Waals surface area contributed by atoms with E-state index in [4.69, 9.17) is 0 Å². The molecule has 0 aliphatic carbocycles. The van der Waals surface area contributed by atoms with Crippen molar-refractivity contribution in [2.24, 2.45) is 0 Å². The molecule has 1 heterocycles. The van der Waals surface area contributed by atoms with Gasteiger partial charge in [0.2, 0.25) is 5.91 Å². The molecule has 0 saturated heterocycles. The van der Waals surface area contributed by atoms with E-state index in [9.17, 15) is 4.79 Å². The molecular weight excluding hydrogens is 286 g/mol. The Morgan fingerprint density at radius 2 is 2.10 bits per heavy atom. The number of thiophene rings is 1. The summed E-state index contributed by atoms with van der Waals surface area (Å²) in [5, 5.41) is 4.97. The third-order valence-corrected chi connectivity index (χ3v) is 4.99. The average molecular weight is 305 g/mol. The monoisotopic (exact) mass is 305 g/mol. The summed E-state index contributed by atoms with van der Waals surface area (Å²) < 4.78 is 0. The van der Waals surface area contributed by atoms with Crippen LogP contribution in [0.15, 0.2) is 40.6 Å². The number of carbonyl (C=O) groups excluding carboxylic acids is 1. The SMILES string of the molecule is Cc1ccc(SCCC(=O)NCc2cccs2)cc1C. The third kappa shape index (κ3) is 4.69. The highest BCUT2D eigenvalue weighted by atomic mass is 32.2. The maximum absolute atomic E-state index is 11.7. The minimum Gasteiger partial charge on any atom is -0.351 e. The first-order chi connectivity index (χ1) is 9.65. The van der Waals surface area contributed by atoms with Crippen molar-refractivity contribution >= 4 is 29.0 Å². The zero-order chi connectivity index (χ0) is 14.4. The van der Waals surface area contributed by atoms with Crippen molar-refractivity contribution < 1.29 is 4.79 Å². The molecule has 1 N–H and O–H groups in total. The molecule has 0 aliphatic rings. The van der Waals surface area contributed by atoms with Crippen molar-refractivity contribution in [3.63, 3.8) is 0 Å². The van der Waals surface area contributed by atoms with Gasteiger partial charge in [-0.05, 0) is 48.6 Å². The molecule has 2 aromatic rings. The summed E-state index contributed by atoms with van der Waals surface area (Å²) in [5.41, 5.74) is 2.61. The van der Waals surface area contributed by atoms with Gasteiger partial charge in [0.25, 0.3) is 0 Å². The van der Waals surface area contributed by atoms with Crippen LogP contribution in [-0.2, 0) is 11.3 Å². The van der Waals surface area contributed by atoms with E-state index in [0.29, 0.717) is 13.0 Å². The van der Waals surface area contributed by atoms with Crippen molar-refractivity contribution in [3.8, 4) is 0 Å². The fourth-order valence-corrected chi connectivity index (χ4v) is 3.34. The molecule has 2 nitrogen and oxygen atoms in total. The smallest absolute Gasteiger partial charge is 0.221 e. The van der Waals surface area contributed by atoms with Crippen LogP contribution in [0, 0.1) is 13.8 Å². The van der Waals surface area contributed by atoms with Crippen LogP contribution in [0.3, 0.4) is 0 Å². The van der Waals surface area contributed by atoms with Crippen LogP contribution < -0.4 is 5.32 Å². The van der Waals surface area contributed by atoms with E-state index in [1.54, 1.807) is 23.1 Å². The molecule has 106 valence electrons. The lowest BCUT2D eigenvalue weighted by molar-refractivity contribution is -0.120. The third-order valence-electron chi connectivity index (χ3n) is 3.12. The molecule has 0 spiro atoms. The van der Waals surface area contributed by atoms with Crippen LogP contribution in [0.1, 0.15) is 22.4 Å². The fourth-order valence-electron chi connectivity index (χ4n) is 1.75. The second-order valence-electron chi connectivity index (χ2n) is 4.70. The van der Waals surface area contributed by atoms with Gasteiger partial charge in [-0.3, -0.25) is 4.79 Å². The summed E-state index contributed by atoms with van der Waals surface area (Å²) in [6.07, 6.45) is 0.558. The molecule has 0 bridgehead atoms. The first-order valence-electron chi connectivity index (χ1n) is 6.64. The Bertz CT molecular complexity index is 564. The Balaban J connectivity index is 1.69. The molecule has 1 aromatic carbocycles. The van der Waals surface area contributed by atoms with Crippen molar-refractivity contribution in [1.29, 1.82) is 0 Å². The van der Waals surface area contributed by atoms with Gasteiger partial charge in [-0.15, -0.1) is 23.1 Å². The van der Waals surface area contributed by atoms with Gasteiger partial charge in [-0.1, -0.05) is 12.1 Å². The Morgan fingerprint density at radius 3 is 2.80 bits per heavy atom. The molecule has 0 aliphatic heterocycles. The number of aryl methyl sites for hydroxylation is 2. The Kier molecular flexibility index (Phi) is 5.68. The number of amides is 1. The zero-order valence-corrected chi connectivity index (χ0v) is 13.4. The van der Waals surface area contributed by atoms with Gasteiger partial charge in [0.1, 0.15) is 0 Å². The van der Waals surface area contributed by atoms with Crippen molar-refractivity contribution in [2.75, 3.05) is 5.75 Å².